The molecule has 3 aromatic rings. The second-order valence-electron chi connectivity index (χ2n) is 7.93. The van der Waals surface area contributed by atoms with Gasteiger partial charge in [-0.25, -0.2) is 4.68 Å². The van der Waals surface area contributed by atoms with Crippen LogP contribution in [0.25, 0.3) is 11.3 Å². The van der Waals surface area contributed by atoms with Gasteiger partial charge in [0.1, 0.15) is 6.54 Å². The molecular formula is C25H28N4O4. The topological polar surface area (TPSA) is 76.9 Å². The van der Waals surface area contributed by atoms with Crippen LogP contribution in [-0.4, -0.2) is 65.9 Å². The zero-order valence-corrected chi connectivity index (χ0v) is 18.9. The number of carbonyl (C=O) groups excluding carboxylic acids is 1. The summed E-state index contributed by atoms with van der Waals surface area (Å²) in [5.41, 5.74) is 2.30. The molecule has 0 unspecified atom stereocenters. The molecule has 1 aliphatic heterocycles. The molecule has 172 valence electrons. The van der Waals surface area contributed by atoms with E-state index >= 15 is 0 Å². The average molecular weight is 449 g/mol. The molecule has 1 fully saturated rings. The number of rotatable bonds is 7. The largest absolute Gasteiger partial charge is 0.493 e. The number of methoxy groups -OCH3 is 2. The molecule has 0 N–H and O–H groups in total. The molecule has 4 rings (SSSR count). The van der Waals surface area contributed by atoms with E-state index in [1.807, 2.05) is 24.3 Å². The molecule has 0 radical (unpaired) electrons. The van der Waals surface area contributed by atoms with E-state index in [1.54, 1.807) is 37.3 Å². The molecule has 2 aromatic carbocycles. The molecule has 0 saturated carbocycles. The summed E-state index contributed by atoms with van der Waals surface area (Å²) in [5.74, 6) is 1.07. The molecule has 0 atom stereocenters. The van der Waals surface area contributed by atoms with Crippen LogP contribution in [0.1, 0.15) is 5.56 Å². The Kier molecular flexibility index (Phi) is 7.04. The first-order valence-corrected chi connectivity index (χ1v) is 10.9. The van der Waals surface area contributed by atoms with Gasteiger partial charge >= 0.3 is 0 Å². The molecule has 0 aliphatic carbocycles. The van der Waals surface area contributed by atoms with Crippen LogP contribution < -0.4 is 15.0 Å². The minimum absolute atomic E-state index is 0.0847. The van der Waals surface area contributed by atoms with Crippen molar-refractivity contribution in [3.05, 3.63) is 76.6 Å². The summed E-state index contributed by atoms with van der Waals surface area (Å²) in [6.07, 6.45) is 0. The minimum Gasteiger partial charge on any atom is -0.493 e. The predicted octanol–water partition coefficient (Wildman–Crippen LogP) is 2.27. The number of hydrogen-bond donors (Lipinski definition) is 0. The summed E-state index contributed by atoms with van der Waals surface area (Å²) in [5, 5.41) is 4.43. The van der Waals surface area contributed by atoms with Gasteiger partial charge in [-0.1, -0.05) is 30.3 Å². The van der Waals surface area contributed by atoms with Crippen molar-refractivity contribution in [2.24, 2.45) is 0 Å². The van der Waals surface area contributed by atoms with E-state index in [-0.39, 0.29) is 18.0 Å². The fraction of sp³-hybridized carbons (Fsp3) is 0.320. The van der Waals surface area contributed by atoms with Gasteiger partial charge in [-0.05, 0) is 29.8 Å². The second-order valence-corrected chi connectivity index (χ2v) is 7.93. The Morgan fingerprint density at radius 2 is 1.64 bits per heavy atom. The highest BCUT2D eigenvalue weighted by Crippen LogP contribution is 2.31. The van der Waals surface area contributed by atoms with Gasteiger partial charge in [-0.2, -0.15) is 5.10 Å². The van der Waals surface area contributed by atoms with Crippen molar-refractivity contribution in [2.75, 3.05) is 40.4 Å². The maximum absolute atomic E-state index is 12.9. The van der Waals surface area contributed by atoms with Crippen molar-refractivity contribution in [2.45, 2.75) is 13.1 Å². The molecule has 8 nitrogen and oxygen atoms in total. The third-order valence-corrected chi connectivity index (χ3v) is 5.80. The van der Waals surface area contributed by atoms with Crippen LogP contribution in [0, 0.1) is 0 Å². The zero-order valence-electron chi connectivity index (χ0n) is 18.9. The minimum atomic E-state index is -0.310. The first-order chi connectivity index (χ1) is 16.1. The Morgan fingerprint density at radius 1 is 0.909 bits per heavy atom. The number of hydrogen-bond acceptors (Lipinski definition) is 6. The van der Waals surface area contributed by atoms with Gasteiger partial charge in [0.25, 0.3) is 5.56 Å². The Labute approximate surface area is 193 Å². The van der Waals surface area contributed by atoms with Gasteiger partial charge in [-0.15, -0.1) is 0 Å². The lowest BCUT2D eigenvalue weighted by Crippen LogP contribution is -2.49. The van der Waals surface area contributed by atoms with Crippen molar-refractivity contribution in [3.8, 4) is 22.8 Å². The van der Waals surface area contributed by atoms with Crippen LogP contribution in [0.5, 0.6) is 11.5 Å². The Hall–Kier alpha value is -3.65. The van der Waals surface area contributed by atoms with Crippen molar-refractivity contribution >= 4 is 5.91 Å². The molecule has 1 amide bonds. The molecular weight excluding hydrogens is 420 g/mol. The highest BCUT2D eigenvalue weighted by atomic mass is 16.5. The number of nitrogens with zero attached hydrogens (tertiary/aromatic N) is 4. The number of amides is 1. The smallest absolute Gasteiger partial charge is 0.267 e. The monoisotopic (exact) mass is 448 g/mol. The van der Waals surface area contributed by atoms with Crippen molar-refractivity contribution in [1.82, 2.24) is 19.6 Å². The molecule has 1 saturated heterocycles. The summed E-state index contributed by atoms with van der Waals surface area (Å²) in [6.45, 7) is 3.66. The van der Waals surface area contributed by atoms with Crippen molar-refractivity contribution < 1.29 is 14.3 Å². The third kappa shape index (κ3) is 5.40. The lowest BCUT2D eigenvalue weighted by atomic mass is 10.1. The summed E-state index contributed by atoms with van der Waals surface area (Å²) >= 11 is 0. The van der Waals surface area contributed by atoms with Crippen LogP contribution in [0.3, 0.4) is 0 Å². The molecule has 33 heavy (non-hydrogen) atoms. The van der Waals surface area contributed by atoms with Crippen LogP contribution in [-0.2, 0) is 17.9 Å². The number of carbonyl (C=O) groups is 1. The van der Waals surface area contributed by atoms with E-state index in [1.165, 1.54) is 16.3 Å². The molecule has 0 spiro atoms. The van der Waals surface area contributed by atoms with Crippen LogP contribution in [0.15, 0.2) is 65.5 Å². The number of benzene rings is 2. The van der Waals surface area contributed by atoms with Gasteiger partial charge < -0.3 is 14.4 Å². The van der Waals surface area contributed by atoms with E-state index in [0.717, 1.165) is 25.2 Å². The van der Waals surface area contributed by atoms with E-state index < -0.39 is 0 Å². The summed E-state index contributed by atoms with van der Waals surface area (Å²) < 4.78 is 11.9. The van der Waals surface area contributed by atoms with Crippen LogP contribution >= 0.6 is 0 Å². The Morgan fingerprint density at radius 3 is 2.33 bits per heavy atom. The fourth-order valence-electron chi connectivity index (χ4n) is 3.94. The maximum Gasteiger partial charge on any atom is 0.267 e. The molecule has 0 bridgehead atoms. The highest BCUT2D eigenvalue weighted by Gasteiger charge is 2.22. The van der Waals surface area contributed by atoms with Gasteiger partial charge in [-0.3, -0.25) is 14.5 Å². The lowest BCUT2D eigenvalue weighted by molar-refractivity contribution is -0.133. The van der Waals surface area contributed by atoms with Gasteiger partial charge in [0.2, 0.25) is 5.91 Å². The van der Waals surface area contributed by atoms with Crippen molar-refractivity contribution in [1.29, 1.82) is 0 Å². The zero-order chi connectivity index (χ0) is 23.2. The Bertz CT molecular complexity index is 1150. The predicted molar refractivity (Wildman–Crippen MR) is 125 cm³/mol. The average Bonchev–Trinajstić information content (AvgIpc) is 2.86. The van der Waals surface area contributed by atoms with E-state index in [4.69, 9.17) is 9.47 Å². The summed E-state index contributed by atoms with van der Waals surface area (Å²) in [7, 11) is 3.14. The molecule has 8 heteroatoms. The van der Waals surface area contributed by atoms with E-state index in [9.17, 15) is 9.59 Å². The number of ether oxygens (including phenoxy) is 2. The summed E-state index contributed by atoms with van der Waals surface area (Å²) in [6, 6.07) is 18.8. The number of piperazine rings is 1. The van der Waals surface area contributed by atoms with Crippen molar-refractivity contribution in [3.63, 3.8) is 0 Å². The van der Waals surface area contributed by atoms with E-state index in [0.29, 0.717) is 30.3 Å². The normalized spacial score (nSPS) is 14.2. The molecule has 1 aromatic heterocycles. The standard InChI is InChI=1S/C25H28N4O4/c1-32-22-10-8-20(16-23(22)33-2)21-9-11-24(30)29(26-21)18-25(31)28-14-12-27(13-15-28)17-19-6-4-3-5-7-19/h3-11,16H,12-15,17-18H2,1-2H3. The SMILES string of the molecule is COc1ccc(-c2ccc(=O)n(CC(=O)N3CCN(Cc4ccccc4)CC3)n2)cc1OC. The first kappa shape index (κ1) is 22.5. The number of aromatic nitrogens is 2. The Balaban J connectivity index is 1.41. The first-order valence-electron chi connectivity index (χ1n) is 10.9. The van der Waals surface area contributed by atoms with Crippen LogP contribution in [0.2, 0.25) is 0 Å². The second kappa shape index (κ2) is 10.3. The van der Waals surface area contributed by atoms with Gasteiger partial charge in [0.05, 0.1) is 19.9 Å². The fourth-order valence-corrected chi connectivity index (χ4v) is 3.94. The quantitative estimate of drug-likeness (QED) is 0.552. The maximum atomic E-state index is 12.9. The third-order valence-electron chi connectivity index (χ3n) is 5.80. The van der Waals surface area contributed by atoms with Crippen LogP contribution in [0.4, 0.5) is 0 Å². The summed E-state index contributed by atoms with van der Waals surface area (Å²) in [4.78, 5) is 29.4. The lowest BCUT2D eigenvalue weighted by Gasteiger charge is -2.34. The highest BCUT2D eigenvalue weighted by molar-refractivity contribution is 5.76. The molecule has 1 aliphatic rings. The van der Waals surface area contributed by atoms with Gasteiger partial charge in [0, 0.05) is 44.4 Å². The van der Waals surface area contributed by atoms with Gasteiger partial charge in [0.15, 0.2) is 11.5 Å². The molecule has 2 heterocycles. The van der Waals surface area contributed by atoms with E-state index in [2.05, 4.69) is 22.1 Å².